The molecule has 2 fully saturated rings. The van der Waals surface area contributed by atoms with E-state index in [1.54, 1.807) is 5.56 Å². The average Bonchev–Trinajstić information content (AvgIpc) is 2.50. The number of carbonyl (C=O) groups excluding carboxylic acids is 1. The summed E-state index contributed by atoms with van der Waals surface area (Å²) in [5.74, 6) is 0.758. The Bertz CT molecular complexity index is 526. The number of carbonyl (C=O) groups is 1. The van der Waals surface area contributed by atoms with E-state index in [4.69, 9.17) is 0 Å². The third-order valence-corrected chi connectivity index (χ3v) is 6.11. The number of hydrogen-bond donors (Lipinski definition) is 0. The van der Waals surface area contributed by atoms with Crippen LogP contribution in [0.5, 0.6) is 0 Å². The zero-order valence-corrected chi connectivity index (χ0v) is 12.0. The average molecular weight is 268 g/mol. The summed E-state index contributed by atoms with van der Waals surface area (Å²) >= 11 is 0. The molecule has 2 aliphatic carbocycles. The quantitative estimate of drug-likeness (QED) is 0.769. The highest BCUT2D eigenvalue weighted by atomic mass is 16.1. The van der Waals surface area contributed by atoms with Gasteiger partial charge in [-0.25, -0.2) is 0 Å². The van der Waals surface area contributed by atoms with Crippen molar-refractivity contribution in [2.24, 2.45) is 5.92 Å². The van der Waals surface area contributed by atoms with Crippen LogP contribution in [0.25, 0.3) is 0 Å². The van der Waals surface area contributed by atoms with Crippen molar-refractivity contribution in [3.05, 3.63) is 35.4 Å². The molecule has 105 valence electrons. The first kappa shape index (κ1) is 12.6. The minimum Gasteiger partial charge on any atom is -0.302 e. The Kier molecular flexibility index (Phi) is 2.95. The summed E-state index contributed by atoms with van der Waals surface area (Å²) < 4.78 is 0. The standard InChI is InChI=1S/C18H22NO/c20-12-11-19-10-9-18-8-4-3-7-16(18)17(19)13-14-5-1-2-6-15(14)18/h1,5-6,12,16-17H,3-4,7-11,13H2/t16-,17+,18-/m0/s1. The van der Waals surface area contributed by atoms with Crippen LogP contribution in [-0.2, 0) is 16.6 Å². The van der Waals surface area contributed by atoms with Crippen LogP contribution in [0.1, 0.15) is 43.2 Å². The molecule has 3 atom stereocenters. The summed E-state index contributed by atoms with van der Waals surface area (Å²) in [6.07, 6.45) is 8.86. The second kappa shape index (κ2) is 4.70. The third kappa shape index (κ3) is 1.64. The van der Waals surface area contributed by atoms with Crippen molar-refractivity contribution in [2.75, 3.05) is 13.1 Å². The fraction of sp³-hybridized carbons (Fsp3) is 0.611. The van der Waals surface area contributed by atoms with Crippen LogP contribution in [0, 0.1) is 12.0 Å². The second-order valence-electron chi connectivity index (χ2n) is 6.77. The molecule has 1 aliphatic heterocycles. The number of hydrogen-bond acceptors (Lipinski definition) is 2. The van der Waals surface area contributed by atoms with Gasteiger partial charge in [-0.2, -0.15) is 0 Å². The summed E-state index contributed by atoms with van der Waals surface area (Å²) in [6, 6.07) is 10.5. The highest BCUT2D eigenvalue weighted by Gasteiger charge is 2.53. The van der Waals surface area contributed by atoms with E-state index in [9.17, 15) is 4.79 Å². The van der Waals surface area contributed by atoms with Crippen molar-refractivity contribution in [1.82, 2.24) is 4.90 Å². The molecule has 0 unspecified atom stereocenters. The summed E-state index contributed by atoms with van der Waals surface area (Å²) in [7, 11) is 0. The van der Waals surface area contributed by atoms with Crippen LogP contribution in [-0.4, -0.2) is 30.3 Å². The first-order chi connectivity index (χ1) is 9.85. The summed E-state index contributed by atoms with van der Waals surface area (Å²) in [6.45, 7) is 1.71. The predicted molar refractivity (Wildman–Crippen MR) is 78.7 cm³/mol. The van der Waals surface area contributed by atoms with Gasteiger partial charge in [-0.1, -0.05) is 31.0 Å². The lowest BCUT2D eigenvalue weighted by molar-refractivity contribution is -0.111. The van der Waals surface area contributed by atoms with Crippen LogP contribution in [0.3, 0.4) is 0 Å². The number of rotatable bonds is 2. The van der Waals surface area contributed by atoms with Crippen LogP contribution in [0.15, 0.2) is 18.2 Å². The van der Waals surface area contributed by atoms with Crippen LogP contribution in [0.4, 0.5) is 0 Å². The van der Waals surface area contributed by atoms with Gasteiger partial charge in [0.1, 0.15) is 6.29 Å². The smallest absolute Gasteiger partial charge is 0.133 e. The molecule has 1 saturated heterocycles. The minimum atomic E-state index is 0.396. The molecule has 2 nitrogen and oxygen atoms in total. The van der Waals surface area contributed by atoms with Crippen molar-refractivity contribution in [1.29, 1.82) is 0 Å². The molecule has 1 saturated carbocycles. The fourth-order valence-electron chi connectivity index (χ4n) is 5.29. The van der Waals surface area contributed by atoms with Crippen molar-refractivity contribution in [3.63, 3.8) is 0 Å². The number of benzene rings is 1. The largest absolute Gasteiger partial charge is 0.302 e. The van der Waals surface area contributed by atoms with Crippen molar-refractivity contribution >= 4 is 6.29 Å². The summed E-state index contributed by atoms with van der Waals surface area (Å²) in [5, 5.41) is 0. The molecule has 0 amide bonds. The molecule has 1 aromatic rings. The van der Waals surface area contributed by atoms with E-state index in [0.717, 1.165) is 25.2 Å². The monoisotopic (exact) mass is 268 g/mol. The van der Waals surface area contributed by atoms with E-state index >= 15 is 0 Å². The van der Waals surface area contributed by atoms with Gasteiger partial charge in [-0.3, -0.25) is 4.90 Å². The molecule has 4 rings (SSSR count). The lowest BCUT2D eigenvalue weighted by atomic mass is 9.52. The summed E-state index contributed by atoms with van der Waals surface area (Å²) in [5.41, 5.74) is 3.50. The van der Waals surface area contributed by atoms with Gasteiger partial charge >= 0.3 is 0 Å². The maximum absolute atomic E-state index is 11.0. The maximum Gasteiger partial charge on any atom is 0.133 e. The van der Waals surface area contributed by atoms with Crippen LogP contribution in [0.2, 0.25) is 0 Å². The molecule has 2 bridgehead atoms. The number of likely N-dealkylation sites (tertiary alicyclic amines) is 1. The second-order valence-corrected chi connectivity index (χ2v) is 6.77. The maximum atomic E-state index is 11.0. The van der Waals surface area contributed by atoms with E-state index in [1.165, 1.54) is 37.7 Å². The Hall–Kier alpha value is -1.15. The normalized spacial score (nSPS) is 36.0. The van der Waals surface area contributed by atoms with Crippen molar-refractivity contribution < 1.29 is 4.79 Å². The zero-order valence-electron chi connectivity index (χ0n) is 12.0. The van der Waals surface area contributed by atoms with Crippen molar-refractivity contribution in [2.45, 2.75) is 50.0 Å². The van der Waals surface area contributed by atoms with E-state index in [2.05, 4.69) is 29.2 Å². The highest BCUT2D eigenvalue weighted by Crippen LogP contribution is 2.55. The first-order valence-electron chi connectivity index (χ1n) is 8.02. The zero-order chi connectivity index (χ0) is 13.6. The van der Waals surface area contributed by atoms with Gasteiger partial charge in [0.05, 0.1) is 6.54 Å². The molecule has 0 N–H and O–H groups in total. The van der Waals surface area contributed by atoms with E-state index in [1.807, 2.05) is 0 Å². The lowest BCUT2D eigenvalue weighted by Crippen LogP contribution is -2.61. The molecular formula is C18H22NO. The molecular weight excluding hydrogens is 246 g/mol. The van der Waals surface area contributed by atoms with Gasteiger partial charge in [0, 0.05) is 11.5 Å². The minimum absolute atomic E-state index is 0.396. The van der Waals surface area contributed by atoms with Gasteiger partial charge in [-0.15, -0.1) is 0 Å². The SMILES string of the molecule is O=CCN1CC[C@]23CCCC[C@H]2[C@H]1Cc1cc[c]cc13. The Morgan fingerprint density at radius 1 is 1.40 bits per heavy atom. The topological polar surface area (TPSA) is 20.3 Å². The van der Waals surface area contributed by atoms with Crippen LogP contribution >= 0.6 is 0 Å². The van der Waals surface area contributed by atoms with Gasteiger partial charge in [-0.05, 0) is 55.3 Å². The molecule has 2 heteroatoms. The molecule has 1 radical (unpaired) electrons. The Morgan fingerprint density at radius 2 is 2.35 bits per heavy atom. The first-order valence-corrected chi connectivity index (χ1v) is 8.02. The lowest BCUT2D eigenvalue weighted by Gasteiger charge is -2.58. The molecule has 3 aliphatic rings. The van der Waals surface area contributed by atoms with Gasteiger partial charge in [0.25, 0.3) is 0 Å². The number of aldehydes is 1. The van der Waals surface area contributed by atoms with E-state index in [-0.39, 0.29) is 0 Å². The summed E-state index contributed by atoms with van der Waals surface area (Å²) in [4.78, 5) is 13.4. The number of nitrogens with zero attached hydrogens (tertiary/aromatic N) is 1. The fourth-order valence-corrected chi connectivity index (χ4v) is 5.29. The van der Waals surface area contributed by atoms with Crippen LogP contribution < -0.4 is 0 Å². The third-order valence-electron chi connectivity index (χ3n) is 6.11. The Labute approximate surface area is 121 Å². The molecule has 0 spiro atoms. The van der Waals surface area contributed by atoms with Gasteiger partial charge < -0.3 is 4.79 Å². The molecule has 1 heterocycles. The molecule has 1 aromatic carbocycles. The van der Waals surface area contributed by atoms with Gasteiger partial charge in [0.15, 0.2) is 0 Å². The van der Waals surface area contributed by atoms with Crippen molar-refractivity contribution in [3.8, 4) is 0 Å². The van der Waals surface area contributed by atoms with Gasteiger partial charge in [0.2, 0.25) is 0 Å². The predicted octanol–water partition coefficient (Wildman–Crippen LogP) is 2.74. The Balaban J connectivity index is 1.82. The Morgan fingerprint density at radius 3 is 3.25 bits per heavy atom. The number of piperidine rings is 1. The number of fused-ring (bicyclic) bond motifs is 1. The van der Waals surface area contributed by atoms with E-state index in [0.29, 0.717) is 18.0 Å². The highest BCUT2D eigenvalue weighted by molar-refractivity contribution is 5.52. The molecule has 20 heavy (non-hydrogen) atoms. The molecule has 0 aromatic heterocycles. The van der Waals surface area contributed by atoms with E-state index < -0.39 is 0 Å².